The normalized spacial score (nSPS) is 13.5. The Morgan fingerprint density at radius 1 is 0.413 bits per heavy atom. The molecule has 0 rings (SSSR count). The van der Waals surface area contributed by atoms with Crippen LogP contribution in [0.4, 0.5) is 0 Å². The molecule has 9 nitrogen and oxygen atoms in total. The van der Waals surface area contributed by atoms with Crippen molar-refractivity contribution >= 4 is 17.9 Å². The molecule has 0 fully saturated rings. The molecule has 0 radical (unpaired) electrons. The monoisotopic (exact) mass is 1050 g/mol. The number of carboxylic acids is 1. The van der Waals surface area contributed by atoms with Crippen molar-refractivity contribution in [2.24, 2.45) is 0 Å². The second kappa shape index (κ2) is 56.4. The zero-order valence-electron chi connectivity index (χ0n) is 48.9. The van der Waals surface area contributed by atoms with Gasteiger partial charge in [0.25, 0.3) is 0 Å². The smallest absolute Gasteiger partial charge is 0.306 e. The van der Waals surface area contributed by atoms with Gasteiger partial charge in [-0.25, -0.2) is 0 Å². The van der Waals surface area contributed by atoms with Crippen molar-refractivity contribution in [2.45, 2.75) is 257 Å². The van der Waals surface area contributed by atoms with Gasteiger partial charge in [-0.2, -0.15) is 0 Å². The second-order valence-corrected chi connectivity index (χ2v) is 21.3. The summed E-state index contributed by atoms with van der Waals surface area (Å²) in [5.74, 6) is -2.30. The predicted octanol–water partition coefficient (Wildman–Crippen LogP) is 16.8. The summed E-state index contributed by atoms with van der Waals surface area (Å²) < 4.78 is 22.7. The van der Waals surface area contributed by atoms with Crippen molar-refractivity contribution in [1.82, 2.24) is 0 Å². The lowest BCUT2D eigenvalue weighted by molar-refractivity contribution is -0.870. The van der Waals surface area contributed by atoms with Crippen molar-refractivity contribution in [3.8, 4) is 0 Å². The van der Waals surface area contributed by atoms with Crippen LogP contribution in [0.1, 0.15) is 245 Å². The number of likely N-dealkylation sites (N-methyl/N-ethyl adjacent to an activating group) is 1. The molecule has 0 aromatic rings. The van der Waals surface area contributed by atoms with Gasteiger partial charge in [-0.3, -0.25) is 9.59 Å². The first-order valence-electron chi connectivity index (χ1n) is 30.4. The van der Waals surface area contributed by atoms with Crippen LogP contribution in [0, 0.1) is 0 Å². The molecule has 0 amide bonds. The van der Waals surface area contributed by atoms with Crippen molar-refractivity contribution in [1.29, 1.82) is 0 Å². The molecule has 0 spiro atoms. The molecule has 0 saturated carbocycles. The number of esters is 2. The number of carbonyl (C=O) groups is 3. The van der Waals surface area contributed by atoms with Crippen LogP contribution >= 0.6 is 0 Å². The SMILES string of the molecule is CC/C=C\C/C=C\C/C=C\C/C=C\C/C=C\C/C=C\CCCCCCCCCCCCCCCCCCC(=O)OC(COC(=O)CCCCCCC/C=C\C/C=C\CCCCC)COC(OCC[N+](C)(C)C)C(=O)[O-]. The molecule has 9 heteroatoms. The summed E-state index contributed by atoms with van der Waals surface area (Å²) in [5, 5.41) is 11.8. The molecule has 430 valence electrons. The van der Waals surface area contributed by atoms with Crippen molar-refractivity contribution in [3.05, 3.63) is 97.2 Å². The fourth-order valence-corrected chi connectivity index (χ4v) is 8.16. The minimum absolute atomic E-state index is 0.142. The van der Waals surface area contributed by atoms with Gasteiger partial charge in [0.05, 0.1) is 40.3 Å². The molecule has 75 heavy (non-hydrogen) atoms. The molecule has 2 atom stereocenters. The molecule has 0 aliphatic rings. The third-order valence-corrected chi connectivity index (χ3v) is 12.8. The highest BCUT2D eigenvalue weighted by Gasteiger charge is 2.22. The minimum atomic E-state index is -1.63. The Morgan fingerprint density at radius 3 is 1.13 bits per heavy atom. The predicted molar refractivity (Wildman–Crippen MR) is 315 cm³/mol. The average molecular weight is 1050 g/mol. The van der Waals surface area contributed by atoms with Gasteiger partial charge in [0.15, 0.2) is 12.4 Å². The van der Waals surface area contributed by atoms with Gasteiger partial charge in [0, 0.05) is 12.8 Å². The number of rotatable bonds is 55. The van der Waals surface area contributed by atoms with E-state index in [0.29, 0.717) is 17.4 Å². The second-order valence-electron chi connectivity index (χ2n) is 21.3. The van der Waals surface area contributed by atoms with E-state index >= 15 is 0 Å². The maximum atomic E-state index is 12.9. The molecule has 0 saturated heterocycles. The summed E-state index contributed by atoms with van der Waals surface area (Å²) >= 11 is 0. The highest BCUT2D eigenvalue weighted by molar-refractivity contribution is 5.70. The first kappa shape index (κ1) is 71.2. The summed E-state index contributed by atoms with van der Waals surface area (Å²) in [5.41, 5.74) is 0. The van der Waals surface area contributed by atoms with E-state index in [1.165, 1.54) is 109 Å². The largest absolute Gasteiger partial charge is 0.545 e. The number of allylic oxidation sites excluding steroid dienone is 16. The minimum Gasteiger partial charge on any atom is -0.545 e. The van der Waals surface area contributed by atoms with Gasteiger partial charge in [0.1, 0.15) is 13.2 Å². The van der Waals surface area contributed by atoms with E-state index in [0.717, 1.165) is 103 Å². The van der Waals surface area contributed by atoms with E-state index in [2.05, 4.69) is 111 Å². The van der Waals surface area contributed by atoms with Crippen LogP contribution in [0.3, 0.4) is 0 Å². The van der Waals surface area contributed by atoms with Gasteiger partial charge < -0.3 is 33.3 Å². The Morgan fingerprint density at radius 2 is 0.760 bits per heavy atom. The highest BCUT2D eigenvalue weighted by Crippen LogP contribution is 2.16. The van der Waals surface area contributed by atoms with E-state index in [4.69, 9.17) is 18.9 Å². The number of carbonyl (C=O) groups excluding carboxylic acids is 3. The lowest BCUT2D eigenvalue weighted by atomic mass is 10.0. The Balaban J connectivity index is 4.12. The summed E-state index contributed by atoms with van der Waals surface area (Å²) in [6, 6.07) is 0. The van der Waals surface area contributed by atoms with Crippen LogP contribution in [-0.2, 0) is 33.3 Å². The van der Waals surface area contributed by atoms with Crippen LogP contribution in [0.25, 0.3) is 0 Å². The fourth-order valence-electron chi connectivity index (χ4n) is 8.16. The van der Waals surface area contributed by atoms with E-state index in [9.17, 15) is 19.5 Å². The third kappa shape index (κ3) is 57.7. The molecule has 0 aromatic heterocycles. The first-order chi connectivity index (χ1) is 36.6. The number of nitrogens with zero attached hydrogens (tertiary/aromatic N) is 1. The van der Waals surface area contributed by atoms with Crippen LogP contribution in [-0.4, -0.2) is 82.3 Å². The summed E-state index contributed by atoms with van der Waals surface area (Å²) in [6.07, 6.45) is 73.3. The number of quaternary nitrogens is 1. The summed E-state index contributed by atoms with van der Waals surface area (Å²) in [6.45, 7) is 4.59. The zero-order valence-corrected chi connectivity index (χ0v) is 48.9. The summed E-state index contributed by atoms with van der Waals surface area (Å²) in [4.78, 5) is 37.3. The van der Waals surface area contributed by atoms with Crippen LogP contribution in [0.15, 0.2) is 97.2 Å². The molecule has 0 bridgehead atoms. The molecule has 0 aromatic carbocycles. The van der Waals surface area contributed by atoms with Gasteiger partial charge in [-0.15, -0.1) is 0 Å². The van der Waals surface area contributed by atoms with Crippen LogP contribution in [0.5, 0.6) is 0 Å². The van der Waals surface area contributed by atoms with Crippen molar-refractivity contribution < 1.29 is 42.9 Å². The van der Waals surface area contributed by atoms with Crippen LogP contribution < -0.4 is 5.11 Å². The molecule has 0 aliphatic carbocycles. The lowest BCUT2D eigenvalue weighted by Gasteiger charge is -2.26. The highest BCUT2D eigenvalue weighted by atomic mass is 16.7. The van der Waals surface area contributed by atoms with Crippen LogP contribution in [0.2, 0.25) is 0 Å². The fraction of sp³-hybridized carbons (Fsp3) is 0.712. The van der Waals surface area contributed by atoms with Gasteiger partial charge in [-0.1, -0.05) is 233 Å². The Kier molecular flexibility index (Phi) is 53.6. The number of unbranched alkanes of at least 4 members (excludes halogenated alkanes) is 24. The molecule has 2 unspecified atom stereocenters. The number of ether oxygens (including phenoxy) is 4. The molecular formula is C66H113NO8. The number of hydrogen-bond donors (Lipinski definition) is 0. The number of hydrogen-bond acceptors (Lipinski definition) is 8. The number of aliphatic carboxylic acids is 1. The Hall–Kier alpha value is -3.79. The maximum Gasteiger partial charge on any atom is 0.306 e. The third-order valence-electron chi connectivity index (χ3n) is 12.8. The van der Waals surface area contributed by atoms with E-state index in [-0.39, 0.29) is 38.6 Å². The lowest BCUT2D eigenvalue weighted by Crippen LogP contribution is -2.44. The summed E-state index contributed by atoms with van der Waals surface area (Å²) in [7, 11) is 5.91. The van der Waals surface area contributed by atoms with E-state index in [1.54, 1.807) is 0 Å². The van der Waals surface area contributed by atoms with Gasteiger partial charge in [0.2, 0.25) is 0 Å². The molecule has 0 heterocycles. The number of carboxylic acid groups (broad SMARTS) is 1. The zero-order chi connectivity index (χ0) is 54.8. The molecular weight excluding hydrogens is 935 g/mol. The quantitative estimate of drug-likeness (QED) is 0.0195. The van der Waals surface area contributed by atoms with E-state index in [1.807, 2.05) is 21.1 Å². The maximum absolute atomic E-state index is 12.9. The van der Waals surface area contributed by atoms with Crippen molar-refractivity contribution in [3.63, 3.8) is 0 Å². The Labute approximate surface area is 461 Å². The first-order valence-corrected chi connectivity index (χ1v) is 30.4. The van der Waals surface area contributed by atoms with Gasteiger partial charge in [-0.05, 0) is 96.3 Å². The van der Waals surface area contributed by atoms with Crippen molar-refractivity contribution in [2.75, 3.05) is 47.5 Å². The van der Waals surface area contributed by atoms with Gasteiger partial charge >= 0.3 is 11.9 Å². The topological polar surface area (TPSA) is 111 Å². The standard InChI is InChI=1S/C66H113NO8/c1-6-8-10-12-14-16-18-20-22-23-24-25-26-27-28-29-30-31-32-33-34-35-36-37-38-39-40-41-43-45-47-49-51-53-55-57-64(69)75-62(61-74-66(65(70)71)72-59-58-67(3,4)5)60-73-63(68)56-54-52-50-48-46-44-42-21-19-17-15-13-11-9-7-2/h8,10,14-17,20-22,24-25,27-28,30-31,42,62,66H,6-7,9,11-13,18-19,23,26,29,32-41,43-61H2,1-5H3/b10-8-,16-14-,17-15-,22-20-,25-24-,28-27-,31-30-,42-21-. The Bertz CT molecular complexity index is 1550. The van der Waals surface area contributed by atoms with E-state index < -0.39 is 24.3 Å². The molecule has 0 aliphatic heterocycles. The molecule has 0 N–H and O–H groups in total. The average Bonchev–Trinajstić information content (AvgIpc) is 3.38.